The molecule has 282 valence electrons. The smallest absolute Gasteiger partial charge is 0.309 e. The summed E-state index contributed by atoms with van der Waals surface area (Å²) >= 11 is 0. The average Bonchev–Trinajstić information content (AvgIpc) is 3.58. The molecule has 48 heavy (non-hydrogen) atoms. The maximum Gasteiger partial charge on any atom is 0.309 e. The van der Waals surface area contributed by atoms with Crippen LogP contribution in [-0.4, -0.2) is 37.1 Å². The lowest BCUT2D eigenvalue weighted by molar-refractivity contribution is -0.154. The van der Waals surface area contributed by atoms with Gasteiger partial charge in [0.2, 0.25) is 0 Å². The molecule has 1 aliphatic rings. The molecule has 0 aromatic rings. The molecule has 1 rings (SSSR count). The molecule has 0 saturated heterocycles. The van der Waals surface area contributed by atoms with Gasteiger partial charge in [-0.05, 0) is 110 Å². The number of carbonyl (C=O) groups is 1. The van der Waals surface area contributed by atoms with Gasteiger partial charge in [0.25, 0.3) is 0 Å². The zero-order valence-electron chi connectivity index (χ0n) is 33.3. The highest BCUT2D eigenvalue weighted by molar-refractivity contribution is 5.73. The first-order valence-electron chi connectivity index (χ1n) is 21.6. The fraction of sp³-hybridized carbons (Fsp3) is 0.889. The van der Waals surface area contributed by atoms with Gasteiger partial charge in [-0.25, -0.2) is 0 Å². The summed E-state index contributed by atoms with van der Waals surface area (Å²) in [4.78, 5) is 15.4. The molecule has 0 spiro atoms. The second kappa shape index (κ2) is 33.1. The maximum atomic E-state index is 13.1. The molecule has 0 heterocycles. The van der Waals surface area contributed by atoms with Gasteiger partial charge < -0.3 is 9.64 Å². The Balaban J connectivity index is 2.21. The number of hydrogen-bond acceptors (Lipinski definition) is 3. The average molecular weight is 672 g/mol. The summed E-state index contributed by atoms with van der Waals surface area (Å²) in [6.45, 7) is 6.98. The van der Waals surface area contributed by atoms with Gasteiger partial charge in [-0.1, -0.05) is 154 Å². The molecule has 0 aromatic carbocycles. The molecule has 1 saturated carbocycles. The van der Waals surface area contributed by atoms with Crippen LogP contribution < -0.4 is 0 Å². The van der Waals surface area contributed by atoms with Crippen LogP contribution in [0.3, 0.4) is 0 Å². The van der Waals surface area contributed by atoms with E-state index < -0.39 is 0 Å². The Kier molecular flexibility index (Phi) is 31.0. The Bertz CT molecular complexity index is 758. The first kappa shape index (κ1) is 44.9. The second-order valence-corrected chi connectivity index (χ2v) is 15.9. The Labute approximate surface area is 301 Å². The van der Waals surface area contributed by atoms with Crippen molar-refractivity contribution in [1.29, 1.82) is 0 Å². The van der Waals surface area contributed by atoms with Crippen LogP contribution in [0.15, 0.2) is 24.3 Å². The van der Waals surface area contributed by atoms with E-state index in [-0.39, 0.29) is 18.0 Å². The molecule has 4 atom stereocenters. The first-order valence-corrected chi connectivity index (χ1v) is 21.6. The zero-order chi connectivity index (χ0) is 34.9. The van der Waals surface area contributed by atoms with Crippen molar-refractivity contribution in [3.63, 3.8) is 0 Å². The zero-order valence-corrected chi connectivity index (χ0v) is 33.3. The van der Waals surface area contributed by atoms with E-state index in [0.717, 1.165) is 38.0 Å². The summed E-state index contributed by atoms with van der Waals surface area (Å²) in [6.07, 6.45) is 49.5. The van der Waals surface area contributed by atoms with Crippen LogP contribution in [-0.2, 0) is 9.53 Å². The number of esters is 1. The largest absolute Gasteiger partial charge is 0.462 e. The Morgan fingerprint density at radius 1 is 0.604 bits per heavy atom. The predicted molar refractivity (Wildman–Crippen MR) is 213 cm³/mol. The van der Waals surface area contributed by atoms with Gasteiger partial charge in [-0.15, -0.1) is 0 Å². The molecule has 0 bridgehead atoms. The van der Waals surface area contributed by atoms with E-state index in [2.05, 4.69) is 64.1 Å². The van der Waals surface area contributed by atoms with Crippen molar-refractivity contribution >= 4 is 5.97 Å². The number of allylic oxidation sites excluding steroid dienone is 4. The highest BCUT2D eigenvalue weighted by Crippen LogP contribution is 2.30. The normalized spacial score (nSPS) is 18.0. The number of ether oxygens (including phenoxy) is 1. The molecule has 3 heteroatoms. The Hall–Kier alpha value is -1.09. The van der Waals surface area contributed by atoms with Crippen molar-refractivity contribution < 1.29 is 9.53 Å². The van der Waals surface area contributed by atoms with Crippen LogP contribution in [0.4, 0.5) is 0 Å². The van der Waals surface area contributed by atoms with Crippen molar-refractivity contribution in [3.8, 4) is 0 Å². The summed E-state index contributed by atoms with van der Waals surface area (Å²) in [7, 11) is 4.28. The van der Waals surface area contributed by atoms with Crippen LogP contribution in [0.1, 0.15) is 220 Å². The summed E-state index contributed by atoms with van der Waals surface area (Å²) < 4.78 is 6.25. The lowest BCUT2D eigenvalue weighted by atomic mass is 9.98. The molecule has 0 amide bonds. The standard InChI is InChI=1S/C45H85NO2/c1-6-8-10-12-14-15-16-17-18-19-20-21-22-23-28-32-36-44(48-45(47)42-38-39-43(40-42)46(4)5)37-33-29-25-24-27-31-35-41(3)34-30-26-13-11-9-7-2/h17-18,26,30,41-44H,6-16,19-25,27-29,31-40H2,1-5H3/b18-17-,30-26-. The molecule has 3 nitrogen and oxygen atoms in total. The van der Waals surface area contributed by atoms with Gasteiger partial charge in [0.15, 0.2) is 0 Å². The van der Waals surface area contributed by atoms with Crippen LogP contribution in [0.2, 0.25) is 0 Å². The minimum atomic E-state index is 0.0961. The molecule has 0 aliphatic heterocycles. The SMILES string of the molecule is CCCCC/C=C\CC(C)CCCCCCCCC(CCCCCCCC/C=C\CCCCCCCC)OC(=O)C1CCC(N(C)C)C1. The predicted octanol–water partition coefficient (Wildman–Crippen LogP) is 14.3. The molecule has 1 aliphatic carbocycles. The minimum Gasteiger partial charge on any atom is -0.462 e. The van der Waals surface area contributed by atoms with Gasteiger partial charge in [-0.3, -0.25) is 4.79 Å². The lowest BCUT2D eigenvalue weighted by Gasteiger charge is -2.21. The number of unbranched alkanes of at least 4 members (excludes halogenated alkanes) is 20. The topological polar surface area (TPSA) is 29.5 Å². The van der Waals surface area contributed by atoms with E-state index in [9.17, 15) is 4.79 Å². The molecular weight excluding hydrogens is 587 g/mol. The van der Waals surface area contributed by atoms with E-state index in [1.165, 1.54) is 167 Å². The van der Waals surface area contributed by atoms with Crippen LogP contribution in [0, 0.1) is 11.8 Å². The van der Waals surface area contributed by atoms with E-state index in [1.54, 1.807) is 0 Å². The van der Waals surface area contributed by atoms with Crippen LogP contribution in [0.5, 0.6) is 0 Å². The quantitative estimate of drug-likeness (QED) is 0.0387. The highest BCUT2D eigenvalue weighted by Gasteiger charge is 2.33. The van der Waals surface area contributed by atoms with Gasteiger partial charge in [0.05, 0.1) is 5.92 Å². The summed E-state index contributed by atoms with van der Waals surface area (Å²) in [5.41, 5.74) is 0. The number of hydrogen-bond donors (Lipinski definition) is 0. The molecule has 0 N–H and O–H groups in total. The molecule has 1 fully saturated rings. The third kappa shape index (κ3) is 26.7. The van der Waals surface area contributed by atoms with Crippen molar-refractivity contribution in [3.05, 3.63) is 24.3 Å². The summed E-state index contributed by atoms with van der Waals surface area (Å²) in [6, 6.07) is 0.534. The van der Waals surface area contributed by atoms with Gasteiger partial charge >= 0.3 is 5.97 Å². The van der Waals surface area contributed by atoms with E-state index >= 15 is 0 Å². The maximum absolute atomic E-state index is 13.1. The Morgan fingerprint density at radius 3 is 1.56 bits per heavy atom. The van der Waals surface area contributed by atoms with Crippen molar-refractivity contribution in [2.45, 2.75) is 232 Å². The van der Waals surface area contributed by atoms with Crippen molar-refractivity contribution in [2.24, 2.45) is 11.8 Å². The molecular formula is C45H85NO2. The number of rotatable bonds is 34. The fourth-order valence-electron chi connectivity index (χ4n) is 7.43. The summed E-state index contributed by atoms with van der Waals surface area (Å²) in [5.74, 6) is 1.02. The van der Waals surface area contributed by atoms with E-state index in [0.29, 0.717) is 6.04 Å². The van der Waals surface area contributed by atoms with Crippen molar-refractivity contribution in [2.75, 3.05) is 14.1 Å². The molecule has 0 radical (unpaired) electrons. The third-order valence-electron chi connectivity index (χ3n) is 10.9. The lowest BCUT2D eigenvalue weighted by Crippen LogP contribution is -2.27. The van der Waals surface area contributed by atoms with Crippen molar-refractivity contribution in [1.82, 2.24) is 4.90 Å². The summed E-state index contributed by atoms with van der Waals surface area (Å²) in [5, 5.41) is 0. The molecule has 0 aromatic heterocycles. The minimum absolute atomic E-state index is 0.0961. The van der Waals surface area contributed by atoms with E-state index in [1.807, 2.05) is 0 Å². The monoisotopic (exact) mass is 672 g/mol. The molecule has 4 unspecified atom stereocenters. The van der Waals surface area contributed by atoms with Crippen LogP contribution in [0.25, 0.3) is 0 Å². The van der Waals surface area contributed by atoms with Crippen LogP contribution >= 0.6 is 0 Å². The number of carbonyl (C=O) groups excluding carboxylic acids is 1. The first-order chi connectivity index (χ1) is 23.5. The highest BCUT2D eigenvalue weighted by atomic mass is 16.5. The second-order valence-electron chi connectivity index (χ2n) is 15.9. The fourth-order valence-corrected chi connectivity index (χ4v) is 7.43. The van der Waals surface area contributed by atoms with Gasteiger partial charge in [0, 0.05) is 6.04 Å². The Morgan fingerprint density at radius 2 is 1.04 bits per heavy atom. The van der Waals surface area contributed by atoms with Gasteiger partial charge in [-0.2, -0.15) is 0 Å². The third-order valence-corrected chi connectivity index (χ3v) is 10.9. The van der Waals surface area contributed by atoms with E-state index in [4.69, 9.17) is 4.74 Å². The number of nitrogens with zero attached hydrogens (tertiary/aromatic N) is 1. The van der Waals surface area contributed by atoms with Gasteiger partial charge in [0.1, 0.15) is 6.10 Å².